The lowest BCUT2D eigenvalue weighted by atomic mass is 10.1. The van der Waals surface area contributed by atoms with E-state index in [-0.39, 0.29) is 23.1 Å². The molecule has 0 aliphatic heterocycles. The van der Waals surface area contributed by atoms with Gasteiger partial charge in [-0.25, -0.2) is 13.8 Å². The molecule has 0 bridgehead atoms. The zero-order valence-corrected chi connectivity index (χ0v) is 19.9. The largest absolute Gasteiger partial charge is 0.508 e. The van der Waals surface area contributed by atoms with E-state index in [0.29, 0.717) is 17.7 Å². The molecule has 0 saturated heterocycles. The van der Waals surface area contributed by atoms with Crippen molar-refractivity contribution in [1.82, 2.24) is 9.73 Å². The Morgan fingerprint density at radius 1 is 0.971 bits per heavy atom. The van der Waals surface area contributed by atoms with Crippen molar-refractivity contribution in [2.75, 3.05) is 18.4 Å². The Balaban J connectivity index is 1.74. The molecule has 3 aromatic rings. The summed E-state index contributed by atoms with van der Waals surface area (Å²) >= 11 is 0. The lowest BCUT2D eigenvalue weighted by Crippen LogP contribution is -2.40. The van der Waals surface area contributed by atoms with E-state index in [9.17, 15) is 23.1 Å². The van der Waals surface area contributed by atoms with E-state index in [1.807, 2.05) is 30.3 Å². The van der Waals surface area contributed by atoms with Crippen molar-refractivity contribution in [2.24, 2.45) is 5.10 Å². The minimum absolute atomic E-state index is 0.0000539. The van der Waals surface area contributed by atoms with Gasteiger partial charge in [0.25, 0.3) is 5.91 Å². The highest BCUT2D eigenvalue weighted by Crippen LogP contribution is 2.19. The quantitative estimate of drug-likeness (QED) is 0.295. The Bertz CT molecular complexity index is 1280. The van der Waals surface area contributed by atoms with E-state index < -0.39 is 22.5 Å². The van der Waals surface area contributed by atoms with Crippen LogP contribution in [0.4, 0.5) is 5.69 Å². The normalized spacial score (nSPS) is 11.5. The first-order valence-electron chi connectivity index (χ1n) is 10.8. The van der Waals surface area contributed by atoms with E-state index in [2.05, 4.69) is 15.8 Å². The fourth-order valence-corrected chi connectivity index (χ4v) is 4.58. The molecule has 0 aliphatic carbocycles. The van der Waals surface area contributed by atoms with Crippen molar-refractivity contribution in [3.05, 3.63) is 90.0 Å². The van der Waals surface area contributed by atoms with Gasteiger partial charge in [-0.2, -0.15) is 9.41 Å². The molecule has 0 aliphatic rings. The number of hydrogen-bond acceptors (Lipinski definition) is 6. The number of carbonyl (C=O) groups is 2. The molecule has 0 spiro atoms. The van der Waals surface area contributed by atoms with Crippen molar-refractivity contribution in [3.8, 4) is 5.75 Å². The molecule has 0 unspecified atom stereocenters. The van der Waals surface area contributed by atoms with Gasteiger partial charge in [0.1, 0.15) is 5.75 Å². The number of hydrogen-bond donors (Lipinski definition) is 3. The Hall–Kier alpha value is -4.02. The SMILES string of the molecule is CC(=O)Nc1ccc(S(=O)(=O)N(CCc2ccccc2)CC(=O)N/N=C/c2ccc(O)cc2)cc1. The highest BCUT2D eigenvalue weighted by Gasteiger charge is 2.26. The van der Waals surface area contributed by atoms with Crippen LogP contribution < -0.4 is 10.7 Å². The van der Waals surface area contributed by atoms with Crippen LogP contribution >= 0.6 is 0 Å². The topological polar surface area (TPSA) is 128 Å². The van der Waals surface area contributed by atoms with E-state index in [1.165, 1.54) is 49.5 Å². The van der Waals surface area contributed by atoms with Crippen LogP contribution in [0.25, 0.3) is 0 Å². The standard InChI is InChI=1S/C25H26N4O5S/c1-19(30)27-22-9-13-24(14-10-22)35(33,34)29(16-15-20-5-3-2-4-6-20)18-25(32)28-26-17-21-7-11-23(31)12-8-21/h2-14,17,31H,15-16,18H2,1H3,(H,27,30)(H,28,32)/b26-17+. The van der Waals surface area contributed by atoms with Crippen LogP contribution in [0.15, 0.2) is 88.9 Å². The molecule has 10 heteroatoms. The van der Waals surface area contributed by atoms with E-state index in [1.54, 1.807) is 12.1 Å². The molecule has 3 N–H and O–H groups in total. The van der Waals surface area contributed by atoms with E-state index in [4.69, 9.17) is 0 Å². The molecule has 0 saturated carbocycles. The predicted molar refractivity (Wildman–Crippen MR) is 133 cm³/mol. The summed E-state index contributed by atoms with van der Waals surface area (Å²) in [6.45, 7) is 1.00. The monoisotopic (exact) mass is 494 g/mol. The maximum atomic E-state index is 13.3. The zero-order chi connectivity index (χ0) is 25.3. The number of rotatable bonds is 10. The molecule has 3 aromatic carbocycles. The highest BCUT2D eigenvalue weighted by atomic mass is 32.2. The van der Waals surface area contributed by atoms with Gasteiger partial charge in [0.05, 0.1) is 17.7 Å². The van der Waals surface area contributed by atoms with Gasteiger partial charge in [0, 0.05) is 19.2 Å². The third kappa shape index (κ3) is 7.76. The van der Waals surface area contributed by atoms with Crippen molar-refractivity contribution in [2.45, 2.75) is 18.2 Å². The van der Waals surface area contributed by atoms with E-state index >= 15 is 0 Å². The fourth-order valence-electron chi connectivity index (χ4n) is 3.18. The number of aromatic hydroxyl groups is 1. The average molecular weight is 495 g/mol. The number of benzene rings is 3. The molecule has 0 radical (unpaired) electrons. The van der Waals surface area contributed by atoms with Crippen LogP contribution in [-0.2, 0) is 26.0 Å². The van der Waals surface area contributed by atoms with Crippen LogP contribution in [0.2, 0.25) is 0 Å². The van der Waals surface area contributed by atoms with Crippen molar-refractivity contribution < 1.29 is 23.1 Å². The van der Waals surface area contributed by atoms with Crippen LogP contribution in [0.5, 0.6) is 5.75 Å². The average Bonchev–Trinajstić information content (AvgIpc) is 2.83. The lowest BCUT2D eigenvalue weighted by Gasteiger charge is -2.21. The van der Waals surface area contributed by atoms with Gasteiger partial charge in [-0.1, -0.05) is 30.3 Å². The number of hydrazone groups is 1. The van der Waals surface area contributed by atoms with Crippen molar-refractivity contribution in [3.63, 3.8) is 0 Å². The third-order valence-electron chi connectivity index (χ3n) is 4.92. The first-order chi connectivity index (χ1) is 16.7. The molecular formula is C25H26N4O5S. The summed E-state index contributed by atoms with van der Waals surface area (Å²) in [5.41, 5.74) is 4.39. The molecule has 3 rings (SSSR count). The van der Waals surface area contributed by atoms with Crippen LogP contribution in [0.3, 0.4) is 0 Å². The smallest absolute Gasteiger partial charge is 0.255 e. The van der Waals surface area contributed by atoms with Gasteiger partial charge in [-0.05, 0) is 66.1 Å². The number of amides is 2. The number of carbonyl (C=O) groups excluding carboxylic acids is 2. The summed E-state index contributed by atoms with van der Waals surface area (Å²) in [6.07, 6.45) is 1.80. The minimum Gasteiger partial charge on any atom is -0.508 e. The second-order valence-corrected chi connectivity index (χ2v) is 9.60. The zero-order valence-electron chi connectivity index (χ0n) is 19.1. The number of anilines is 1. The van der Waals surface area contributed by atoms with Gasteiger partial charge < -0.3 is 10.4 Å². The second kappa shape index (κ2) is 11.9. The van der Waals surface area contributed by atoms with Gasteiger partial charge in [0.15, 0.2) is 0 Å². The Morgan fingerprint density at radius 3 is 2.26 bits per heavy atom. The molecule has 9 nitrogen and oxygen atoms in total. The summed E-state index contributed by atoms with van der Waals surface area (Å²) < 4.78 is 27.8. The lowest BCUT2D eigenvalue weighted by molar-refractivity contribution is -0.121. The van der Waals surface area contributed by atoms with Crippen LogP contribution in [0, 0.1) is 0 Å². The Labute approximate surface area is 204 Å². The summed E-state index contributed by atoms with van der Waals surface area (Å²) in [5.74, 6) is -0.767. The van der Waals surface area contributed by atoms with Gasteiger partial charge in [-0.3, -0.25) is 9.59 Å². The molecule has 182 valence electrons. The van der Waals surface area contributed by atoms with Crippen LogP contribution in [-0.4, -0.2) is 48.9 Å². The minimum atomic E-state index is -4.01. The van der Waals surface area contributed by atoms with Crippen LogP contribution in [0.1, 0.15) is 18.1 Å². The molecule has 0 fully saturated rings. The van der Waals surface area contributed by atoms with Crippen molar-refractivity contribution >= 4 is 33.7 Å². The van der Waals surface area contributed by atoms with Gasteiger partial charge in [-0.15, -0.1) is 0 Å². The van der Waals surface area contributed by atoms with E-state index in [0.717, 1.165) is 9.87 Å². The first kappa shape index (κ1) is 25.6. The molecule has 0 heterocycles. The first-order valence-corrected chi connectivity index (χ1v) is 12.2. The number of nitrogens with one attached hydrogen (secondary N) is 2. The number of sulfonamides is 1. The fraction of sp³-hybridized carbons (Fsp3) is 0.160. The predicted octanol–water partition coefficient (Wildman–Crippen LogP) is 2.73. The maximum absolute atomic E-state index is 13.3. The third-order valence-corrected chi connectivity index (χ3v) is 6.78. The molecule has 0 aromatic heterocycles. The number of nitrogens with zero attached hydrogens (tertiary/aromatic N) is 2. The van der Waals surface area contributed by atoms with Gasteiger partial charge in [0.2, 0.25) is 15.9 Å². The molecule has 2 amide bonds. The molecule has 35 heavy (non-hydrogen) atoms. The Morgan fingerprint density at radius 2 is 1.63 bits per heavy atom. The van der Waals surface area contributed by atoms with Crippen molar-refractivity contribution in [1.29, 1.82) is 0 Å². The second-order valence-electron chi connectivity index (χ2n) is 7.66. The Kier molecular flexibility index (Phi) is 8.71. The molecule has 0 atom stereocenters. The number of phenolic OH excluding ortho intramolecular Hbond substituents is 1. The molecular weight excluding hydrogens is 468 g/mol. The summed E-state index contributed by atoms with van der Waals surface area (Å²) in [5, 5.41) is 15.8. The summed E-state index contributed by atoms with van der Waals surface area (Å²) in [6, 6.07) is 21.3. The summed E-state index contributed by atoms with van der Waals surface area (Å²) in [4.78, 5) is 23.8. The number of phenols is 1. The van der Waals surface area contributed by atoms with Gasteiger partial charge >= 0.3 is 0 Å². The summed E-state index contributed by atoms with van der Waals surface area (Å²) in [7, 11) is -4.01. The highest BCUT2D eigenvalue weighted by molar-refractivity contribution is 7.89. The maximum Gasteiger partial charge on any atom is 0.255 e.